The molecule has 1 aliphatic rings. The molecule has 1 aliphatic heterocycles. The van der Waals surface area contributed by atoms with E-state index in [9.17, 15) is 9.90 Å². The number of ether oxygens (including phenoxy) is 1. The van der Waals surface area contributed by atoms with Gasteiger partial charge in [0, 0.05) is 12.0 Å². The third-order valence-corrected chi connectivity index (χ3v) is 3.34. The number of hydrogen-bond acceptors (Lipinski definition) is 3. The second-order valence-electron chi connectivity index (χ2n) is 7.37. The Morgan fingerprint density at radius 1 is 1.22 bits per heavy atom. The lowest BCUT2D eigenvalue weighted by Crippen LogP contribution is -2.47. The molecule has 0 aromatic rings. The Morgan fingerprint density at radius 3 is 2.11 bits per heavy atom. The maximum absolute atomic E-state index is 12.2. The number of carbonyl (C=O) groups excluding carboxylic acids is 1. The van der Waals surface area contributed by atoms with Gasteiger partial charge in [0.25, 0.3) is 0 Å². The number of likely N-dealkylation sites (tertiary alicyclic amines) is 1. The molecule has 4 heteroatoms. The van der Waals surface area contributed by atoms with Crippen LogP contribution in [0.4, 0.5) is 4.79 Å². The Labute approximate surface area is 110 Å². The van der Waals surface area contributed by atoms with Crippen molar-refractivity contribution in [2.24, 2.45) is 11.3 Å². The first-order valence-corrected chi connectivity index (χ1v) is 6.61. The van der Waals surface area contributed by atoms with Gasteiger partial charge in [-0.1, -0.05) is 27.7 Å². The summed E-state index contributed by atoms with van der Waals surface area (Å²) in [7, 11) is 0. The van der Waals surface area contributed by atoms with E-state index in [1.165, 1.54) is 0 Å². The monoisotopic (exact) mass is 257 g/mol. The Hall–Kier alpha value is -0.770. The van der Waals surface area contributed by atoms with Crippen LogP contribution >= 0.6 is 0 Å². The molecule has 1 N–H and O–H groups in total. The first-order valence-electron chi connectivity index (χ1n) is 6.61. The maximum atomic E-state index is 12.2. The average molecular weight is 257 g/mol. The van der Waals surface area contributed by atoms with Gasteiger partial charge in [-0.15, -0.1) is 0 Å². The number of hydrogen-bond donors (Lipinski definition) is 1. The van der Waals surface area contributed by atoms with Crippen LogP contribution in [0, 0.1) is 11.3 Å². The first-order chi connectivity index (χ1) is 7.93. The molecule has 1 heterocycles. The molecule has 1 amide bonds. The Morgan fingerprint density at radius 2 is 1.72 bits per heavy atom. The zero-order chi connectivity index (χ0) is 14.3. The maximum Gasteiger partial charge on any atom is 0.410 e. The van der Waals surface area contributed by atoms with Crippen LogP contribution in [-0.4, -0.2) is 40.4 Å². The third-order valence-electron chi connectivity index (χ3n) is 3.34. The van der Waals surface area contributed by atoms with Crippen LogP contribution in [0.5, 0.6) is 0 Å². The van der Waals surface area contributed by atoms with Crippen molar-refractivity contribution in [1.29, 1.82) is 0 Å². The number of carbonyl (C=O) groups is 1. The lowest BCUT2D eigenvalue weighted by molar-refractivity contribution is 0.00850. The highest BCUT2D eigenvalue weighted by molar-refractivity contribution is 5.69. The summed E-state index contributed by atoms with van der Waals surface area (Å²) in [6.45, 7) is 14.2. The van der Waals surface area contributed by atoms with Crippen LogP contribution in [0.1, 0.15) is 48.5 Å². The third kappa shape index (κ3) is 3.37. The van der Waals surface area contributed by atoms with E-state index in [1.807, 2.05) is 27.7 Å². The summed E-state index contributed by atoms with van der Waals surface area (Å²) in [6.07, 6.45) is -0.799. The predicted molar refractivity (Wildman–Crippen MR) is 71.4 cm³/mol. The highest BCUT2D eigenvalue weighted by Gasteiger charge is 2.47. The van der Waals surface area contributed by atoms with Crippen LogP contribution in [0.2, 0.25) is 0 Å². The molecule has 0 aromatic heterocycles. The van der Waals surface area contributed by atoms with Crippen molar-refractivity contribution in [3.05, 3.63) is 0 Å². The van der Waals surface area contributed by atoms with Crippen molar-refractivity contribution in [3.63, 3.8) is 0 Å². The normalized spacial score (nSPS) is 29.6. The summed E-state index contributed by atoms with van der Waals surface area (Å²) < 4.78 is 5.42. The minimum atomic E-state index is -0.504. The van der Waals surface area contributed by atoms with Gasteiger partial charge in [0.1, 0.15) is 5.60 Å². The molecule has 18 heavy (non-hydrogen) atoms. The number of nitrogens with zero attached hydrogens (tertiary/aromatic N) is 1. The van der Waals surface area contributed by atoms with E-state index >= 15 is 0 Å². The van der Waals surface area contributed by atoms with Crippen LogP contribution in [0.25, 0.3) is 0 Å². The van der Waals surface area contributed by atoms with Crippen molar-refractivity contribution >= 4 is 6.09 Å². The fourth-order valence-corrected chi connectivity index (χ4v) is 2.74. The van der Waals surface area contributed by atoms with Gasteiger partial charge in [0.15, 0.2) is 0 Å². The molecule has 0 aromatic carbocycles. The van der Waals surface area contributed by atoms with Crippen molar-refractivity contribution < 1.29 is 14.6 Å². The fourth-order valence-electron chi connectivity index (χ4n) is 2.74. The van der Waals surface area contributed by atoms with Crippen LogP contribution in [0.3, 0.4) is 0 Å². The van der Waals surface area contributed by atoms with Gasteiger partial charge in [-0.05, 0) is 26.2 Å². The van der Waals surface area contributed by atoms with E-state index < -0.39 is 11.7 Å². The minimum absolute atomic E-state index is 0.00218. The second kappa shape index (κ2) is 4.72. The van der Waals surface area contributed by atoms with Crippen LogP contribution < -0.4 is 0 Å². The summed E-state index contributed by atoms with van der Waals surface area (Å²) in [5, 5.41) is 10.00. The molecule has 0 bridgehead atoms. The van der Waals surface area contributed by atoms with Gasteiger partial charge in [-0.25, -0.2) is 4.79 Å². The Bertz CT molecular complexity index is 314. The van der Waals surface area contributed by atoms with E-state index in [0.717, 1.165) is 0 Å². The molecule has 1 fully saturated rings. The summed E-state index contributed by atoms with van der Waals surface area (Å²) in [4.78, 5) is 13.9. The fraction of sp³-hybridized carbons (Fsp3) is 0.929. The number of β-amino-alcohol motifs (C(OH)–C–C–N with tert-alkyl or cyclic N) is 1. The summed E-state index contributed by atoms with van der Waals surface area (Å²) in [6, 6.07) is 0.00218. The molecule has 0 unspecified atom stereocenters. The van der Waals surface area contributed by atoms with Crippen molar-refractivity contribution in [1.82, 2.24) is 4.90 Å². The molecular weight excluding hydrogens is 230 g/mol. The van der Waals surface area contributed by atoms with Gasteiger partial charge in [-0.2, -0.15) is 0 Å². The number of aliphatic hydroxyl groups excluding tert-OH is 1. The summed E-state index contributed by atoms with van der Waals surface area (Å²) in [5.74, 6) is 0.0671. The SMILES string of the molecule is C[C@@H]1[C@H](O)CN(C(=O)OC(C)(C)C)[C@H]1C(C)(C)C. The molecule has 1 rings (SSSR count). The van der Waals surface area contributed by atoms with E-state index in [1.54, 1.807) is 4.90 Å². The molecule has 3 atom stereocenters. The zero-order valence-corrected chi connectivity index (χ0v) is 12.7. The zero-order valence-electron chi connectivity index (χ0n) is 12.7. The predicted octanol–water partition coefficient (Wildman–Crippen LogP) is 2.65. The lowest BCUT2D eigenvalue weighted by atomic mass is 9.80. The van der Waals surface area contributed by atoms with Gasteiger partial charge < -0.3 is 14.7 Å². The highest BCUT2D eigenvalue weighted by atomic mass is 16.6. The number of rotatable bonds is 0. The lowest BCUT2D eigenvalue weighted by Gasteiger charge is -2.37. The van der Waals surface area contributed by atoms with E-state index in [2.05, 4.69) is 20.8 Å². The van der Waals surface area contributed by atoms with E-state index in [0.29, 0.717) is 6.54 Å². The van der Waals surface area contributed by atoms with Gasteiger partial charge in [0.2, 0.25) is 0 Å². The molecular formula is C14H27NO3. The second-order valence-corrected chi connectivity index (χ2v) is 7.37. The standard InChI is InChI=1S/C14H27NO3/c1-9-10(16)8-15(11(9)13(2,3)4)12(17)18-14(5,6)7/h9-11,16H,8H2,1-7H3/t9-,10-,11-/m1/s1. The molecule has 0 spiro atoms. The molecule has 106 valence electrons. The summed E-state index contributed by atoms with van der Waals surface area (Å²) >= 11 is 0. The quantitative estimate of drug-likeness (QED) is 0.726. The van der Waals surface area contributed by atoms with Gasteiger partial charge >= 0.3 is 6.09 Å². The molecule has 0 aliphatic carbocycles. The molecule has 0 saturated carbocycles. The minimum Gasteiger partial charge on any atom is -0.444 e. The van der Waals surface area contributed by atoms with Gasteiger partial charge in [-0.3, -0.25) is 0 Å². The topological polar surface area (TPSA) is 49.8 Å². The molecule has 4 nitrogen and oxygen atoms in total. The van der Waals surface area contributed by atoms with Gasteiger partial charge in [0.05, 0.1) is 12.6 Å². The smallest absolute Gasteiger partial charge is 0.410 e. The van der Waals surface area contributed by atoms with E-state index in [-0.39, 0.29) is 23.5 Å². The van der Waals surface area contributed by atoms with Crippen LogP contribution in [-0.2, 0) is 4.74 Å². The molecule has 1 saturated heterocycles. The van der Waals surface area contributed by atoms with Crippen molar-refractivity contribution in [2.75, 3.05) is 6.54 Å². The number of amides is 1. The van der Waals surface area contributed by atoms with Crippen molar-refractivity contribution in [3.8, 4) is 0 Å². The Kier molecular flexibility index (Phi) is 4.01. The Balaban J connectivity index is 2.90. The van der Waals surface area contributed by atoms with E-state index in [4.69, 9.17) is 4.74 Å². The average Bonchev–Trinajstić information content (AvgIpc) is 2.39. The summed E-state index contributed by atoms with van der Waals surface area (Å²) in [5.41, 5.74) is -0.579. The molecule has 0 radical (unpaired) electrons. The highest BCUT2D eigenvalue weighted by Crippen LogP contribution is 2.37. The number of aliphatic hydroxyl groups is 1. The van der Waals surface area contributed by atoms with Crippen molar-refractivity contribution in [2.45, 2.75) is 66.2 Å². The largest absolute Gasteiger partial charge is 0.444 e. The first kappa shape index (κ1) is 15.3. The van der Waals surface area contributed by atoms with Crippen LogP contribution in [0.15, 0.2) is 0 Å².